The minimum absolute atomic E-state index is 0.0807. The van der Waals surface area contributed by atoms with Crippen molar-refractivity contribution in [2.75, 3.05) is 7.11 Å². The summed E-state index contributed by atoms with van der Waals surface area (Å²) in [5.41, 5.74) is 4.47. The molecule has 0 spiro atoms. The summed E-state index contributed by atoms with van der Waals surface area (Å²) in [6.45, 7) is 11.5. The van der Waals surface area contributed by atoms with E-state index in [2.05, 4.69) is 33.9 Å². The first-order valence-corrected chi connectivity index (χ1v) is 14.6. The molecule has 1 heterocycles. The van der Waals surface area contributed by atoms with Crippen molar-refractivity contribution in [3.8, 4) is 17.2 Å². The molecule has 3 aromatic carbocycles. The van der Waals surface area contributed by atoms with Crippen LogP contribution in [-0.4, -0.2) is 26.5 Å². The van der Waals surface area contributed by atoms with Gasteiger partial charge in [-0.05, 0) is 59.1 Å². The summed E-state index contributed by atoms with van der Waals surface area (Å²) < 4.78 is 17.8. The number of benzene rings is 3. The van der Waals surface area contributed by atoms with Crippen LogP contribution in [0, 0.1) is 0 Å². The molecule has 0 unspecified atom stereocenters. The van der Waals surface area contributed by atoms with Crippen LogP contribution in [0.5, 0.6) is 17.2 Å². The number of carbonyl (C=O) groups is 1. The first-order chi connectivity index (χ1) is 16.5. The number of ether oxygens (including phenoxy) is 2. The maximum Gasteiger partial charge on any atom is 0.345 e. The molecule has 1 N–H and O–H groups in total. The van der Waals surface area contributed by atoms with Crippen LogP contribution >= 0.6 is 0 Å². The Morgan fingerprint density at radius 2 is 1.60 bits per heavy atom. The molecule has 0 aromatic heterocycles. The molecule has 0 bridgehead atoms. The van der Waals surface area contributed by atoms with Gasteiger partial charge in [0.15, 0.2) is 19.8 Å². The average molecular weight is 489 g/mol. The van der Waals surface area contributed by atoms with Crippen molar-refractivity contribution in [2.45, 2.75) is 45.5 Å². The lowest BCUT2D eigenvalue weighted by Crippen LogP contribution is -2.40. The Balaban J connectivity index is 1.89. The minimum Gasteiger partial charge on any atom is -0.508 e. The van der Waals surface area contributed by atoms with Gasteiger partial charge in [0.05, 0.1) is 19.3 Å². The zero-order chi connectivity index (χ0) is 25.4. The van der Waals surface area contributed by atoms with Crippen molar-refractivity contribution < 1.29 is 23.8 Å². The van der Waals surface area contributed by atoms with E-state index in [4.69, 9.17) is 13.9 Å². The molecule has 0 aliphatic carbocycles. The van der Waals surface area contributed by atoms with Gasteiger partial charge in [-0.15, -0.1) is 0 Å². The normalized spacial score (nSPS) is 15.0. The number of phenolic OH excluding ortho intramolecular Hbond substituents is 1. The number of carbonyl (C=O) groups excluding carboxylic acids is 1. The fourth-order valence-corrected chi connectivity index (χ4v) is 4.80. The Morgan fingerprint density at radius 1 is 0.971 bits per heavy atom. The number of methoxy groups -OCH3 is 1. The quantitative estimate of drug-likeness (QED) is 0.179. The lowest BCUT2D eigenvalue weighted by molar-refractivity contribution is -0.127. The van der Waals surface area contributed by atoms with Crippen LogP contribution < -0.4 is 9.47 Å². The highest BCUT2D eigenvalue weighted by molar-refractivity contribution is 6.74. The molecule has 0 atom stereocenters. The Kier molecular flexibility index (Phi) is 6.62. The summed E-state index contributed by atoms with van der Waals surface area (Å²) >= 11 is 0. The monoisotopic (exact) mass is 488 g/mol. The van der Waals surface area contributed by atoms with E-state index in [-0.39, 0.29) is 10.8 Å². The summed E-state index contributed by atoms with van der Waals surface area (Å²) in [6, 6.07) is 20.4. The number of aromatic hydroxyl groups is 1. The molecule has 3 aromatic rings. The van der Waals surface area contributed by atoms with E-state index in [0.29, 0.717) is 29.2 Å². The van der Waals surface area contributed by atoms with E-state index in [1.54, 1.807) is 31.4 Å². The summed E-state index contributed by atoms with van der Waals surface area (Å²) in [6.07, 6.45) is 0. The van der Waals surface area contributed by atoms with Crippen LogP contribution in [0.15, 0.2) is 66.7 Å². The van der Waals surface area contributed by atoms with Crippen LogP contribution in [-0.2, 0) is 15.8 Å². The Labute approximate surface area is 208 Å². The lowest BCUT2D eigenvalue weighted by atomic mass is 9.89. The van der Waals surface area contributed by atoms with Crippen LogP contribution in [0.4, 0.5) is 0 Å². The molecular formula is C29H32O5Si. The van der Waals surface area contributed by atoms with Gasteiger partial charge >= 0.3 is 5.97 Å². The molecule has 6 heteroatoms. The molecule has 1 aliphatic heterocycles. The first-order valence-electron chi connectivity index (χ1n) is 11.7. The maximum atomic E-state index is 13.3. The molecule has 0 radical (unpaired) electrons. The third-order valence-electron chi connectivity index (χ3n) is 6.88. The second-order valence-electron chi connectivity index (χ2n) is 10.3. The average Bonchev–Trinajstić information content (AvgIpc) is 3.14. The van der Waals surface area contributed by atoms with Gasteiger partial charge in [-0.25, -0.2) is 4.79 Å². The molecule has 4 rings (SSSR count). The summed E-state index contributed by atoms with van der Waals surface area (Å²) in [5, 5.41) is 9.92. The highest BCUT2D eigenvalue weighted by Gasteiger charge is 2.38. The van der Waals surface area contributed by atoms with Gasteiger partial charge in [0.2, 0.25) is 0 Å². The van der Waals surface area contributed by atoms with Crippen molar-refractivity contribution in [2.24, 2.45) is 0 Å². The maximum absolute atomic E-state index is 13.3. The summed E-state index contributed by atoms with van der Waals surface area (Å²) in [7, 11) is -0.407. The number of hydrogen-bond donors (Lipinski definition) is 1. The fourth-order valence-electron chi connectivity index (χ4n) is 3.84. The molecule has 0 saturated carbocycles. The van der Waals surface area contributed by atoms with Crippen molar-refractivity contribution in [1.82, 2.24) is 0 Å². The Morgan fingerprint density at radius 3 is 2.20 bits per heavy atom. The molecule has 0 saturated heterocycles. The van der Waals surface area contributed by atoms with E-state index in [9.17, 15) is 9.90 Å². The van der Waals surface area contributed by atoms with E-state index in [1.807, 2.05) is 42.5 Å². The van der Waals surface area contributed by atoms with E-state index < -0.39 is 14.3 Å². The van der Waals surface area contributed by atoms with Crippen LogP contribution in [0.3, 0.4) is 0 Å². The second kappa shape index (κ2) is 9.36. The fraction of sp³-hybridized carbons (Fsp3) is 0.276. The van der Waals surface area contributed by atoms with E-state index >= 15 is 0 Å². The smallest absolute Gasteiger partial charge is 0.345 e. The minimum atomic E-state index is -1.98. The van der Waals surface area contributed by atoms with Crippen LogP contribution in [0.2, 0.25) is 18.1 Å². The molecule has 0 amide bonds. The molecule has 5 nitrogen and oxygen atoms in total. The van der Waals surface area contributed by atoms with E-state index in [1.165, 1.54) is 0 Å². The van der Waals surface area contributed by atoms with Gasteiger partial charge in [-0.1, -0.05) is 63.2 Å². The molecule has 182 valence electrons. The lowest BCUT2D eigenvalue weighted by Gasteiger charge is -2.36. The predicted molar refractivity (Wildman–Crippen MR) is 141 cm³/mol. The van der Waals surface area contributed by atoms with Gasteiger partial charge in [-0.2, -0.15) is 0 Å². The van der Waals surface area contributed by atoms with E-state index in [0.717, 1.165) is 22.3 Å². The predicted octanol–water partition coefficient (Wildman–Crippen LogP) is 6.80. The number of esters is 1. The van der Waals surface area contributed by atoms with Crippen molar-refractivity contribution in [3.63, 3.8) is 0 Å². The van der Waals surface area contributed by atoms with Gasteiger partial charge in [-0.3, -0.25) is 0 Å². The zero-order valence-electron chi connectivity index (χ0n) is 21.1. The zero-order valence-corrected chi connectivity index (χ0v) is 22.1. The topological polar surface area (TPSA) is 65.0 Å². The Hall–Kier alpha value is -3.35. The van der Waals surface area contributed by atoms with Gasteiger partial charge in [0, 0.05) is 11.1 Å². The highest BCUT2D eigenvalue weighted by Crippen LogP contribution is 2.47. The second-order valence-corrected chi connectivity index (χ2v) is 15.1. The molecule has 35 heavy (non-hydrogen) atoms. The largest absolute Gasteiger partial charge is 0.508 e. The van der Waals surface area contributed by atoms with Crippen LogP contribution in [0.1, 0.15) is 43.0 Å². The van der Waals surface area contributed by atoms with Gasteiger partial charge in [0.1, 0.15) is 5.75 Å². The summed E-state index contributed by atoms with van der Waals surface area (Å²) in [4.78, 5) is 13.3. The van der Waals surface area contributed by atoms with Crippen molar-refractivity contribution >= 4 is 25.4 Å². The first kappa shape index (κ1) is 24.8. The summed E-state index contributed by atoms with van der Waals surface area (Å²) in [5.74, 6) is 0.633. The third-order valence-corrected chi connectivity index (χ3v) is 11.4. The highest BCUT2D eigenvalue weighted by atomic mass is 28.4. The van der Waals surface area contributed by atoms with Crippen molar-refractivity contribution in [1.29, 1.82) is 0 Å². The molecule has 1 aliphatic rings. The number of phenols is 1. The Bertz CT molecular complexity index is 1270. The van der Waals surface area contributed by atoms with Gasteiger partial charge < -0.3 is 19.0 Å². The van der Waals surface area contributed by atoms with Crippen LogP contribution in [0.25, 0.3) is 11.1 Å². The SMILES string of the molecule is COc1cc(CO[Si](C)(C)C(C)(C)C)cc2c1OC(=O)C2=C(c1ccccc1)c1ccc(O)cc1. The number of rotatable bonds is 6. The van der Waals surface area contributed by atoms with Gasteiger partial charge in [0.25, 0.3) is 0 Å². The molecule has 0 fully saturated rings. The third kappa shape index (κ3) is 4.90. The number of fused-ring (bicyclic) bond motifs is 1. The standard InChI is InChI=1S/C29H32O5Si/c1-29(2,3)35(5,6)33-18-19-16-23-26(28(31)34-27(23)24(17-19)32-4)25(20-10-8-7-9-11-20)21-12-14-22(30)15-13-21/h7-17,30H,18H2,1-6H3. The van der Waals surface area contributed by atoms with Crippen molar-refractivity contribution in [3.05, 3.63) is 89.0 Å². The number of hydrogen-bond acceptors (Lipinski definition) is 5. The molecular weight excluding hydrogens is 456 g/mol.